The fourth-order valence-electron chi connectivity index (χ4n) is 1.35. The minimum Gasteiger partial charge on any atom is -0.463 e. The van der Waals surface area contributed by atoms with Crippen molar-refractivity contribution in [2.24, 2.45) is 0 Å². The molecule has 0 fully saturated rings. The van der Waals surface area contributed by atoms with Gasteiger partial charge < -0.3 is 4.74 Å². The highest BCUT2D eigenvalue weighted by Gasteiger charge is 2.10. The van der Waals surface area contributed by atoms with Crippen LogP contribution in [0.1, 0.15) is 33.1 Å². The van der Waals surface area contributed by atoms with Gasteiger partial charge in [0.05, 0.1) is 11.7 Å². The number of rotatable bonds is 6. The number of esters is 1. The highest BCUT2D eigenvalue weighted by atomic mass is 16.5. The van der Waals surface area contributed by atoms with Crippen LogP contribution in [0.15, 0.2) is 29.5 Å². The Bertz CT molecular complexity index is 369. The minimum absolute atomic E-state index is 0.0300. The van der Waals surface area contributed by atoms with E-state index in [0.717, 1.165) is 0 Å². The molecule has 0 aromatic carbocycles. The van der Waals surface area contributed by atoms with Crippen molar-refractivity contribution >= 4 is 11.8 Å². The third-order valence-corrected chi connectivity index (χ3v) is 2.05. The molecule has 86 valence electrons. The normalized spacial score (nSPS) is 13.1. The molecule has 3 nitrogen and oxygen atoms in total. The molecule has 1 aliphatic rings. The van der Waals surface area contributed by atoms with E-state index in [1.165, 1.54) is 0 Å². The van der Waals surface area contributed by atoms with Crippen LogP contribution in [0.3, 0.4) is 0 Å². The molecule has 1 aliphatic carbocycles. The molecule has 0 unspecified atom stereocenters. The van der Waals surface area contributed by atoms with E-state index in [0.29, 0.717) is 24.8 Å². The largest absolute Gasteiger partial charge is 0.463 e. The monoisotopic (exact) mass is 220 g/mol. The summed E-state index contributed by atoms with van der Waals surface area (Å²) in [5.41, 5.74) is 3.44. The molecule has 0 bridgehead atoms. The Kier molecular flexibility index (Phi) is 4.74. The van der Waals surface area contributed by atoms with Crippen LogP contribution in [-0.2, 0) is 14.3 Å². The summed E-state index contributed by atoms with van der Waals surface area (Å²) in [6, 6.07) is 0. The lowest BCUT2D eigenvalue weighted by Gasteiger charge is -2.06. The van der Waals surface area contributed by atoms with Gasteiger partial charge in [-0.25, -0.2) is 0 Å². The summed E-state index contributed by atoms with van der Waals surface area (Å²) in [5, 5.41) is 0. The zero-order valence-electron chi connectivity index (χ0n) is 9.66. The fraction of sp³-hybridized carbons (Fsp3) is 0.462. The zero-order chi connectivity index (χ0) is 12.0. The van der Waals surface area contributed by atoms with E-state index >= 15 is 0 Å². The van der Waals surface area contributed by atoms with Crippen LogP contribution in [0.4, 0.5) is 0 Å². The molecule has 0 spiro atoms. The molecule has 0 saturated heterocycles. The first kappa shape index (κ1) is 12.5. The highest BCUT2D eigenvalue weighted by molar-refractivity contribution is 5.98. The van der Waals surface area contributed by atoms with Crippen LogP contribution in [0.5, 0.6) is 0 Å². The first-order valence-corrected chi connectivity index (χ1v) is 5.45. The average molecular weight is 220 g/mol. The number of carbonyl (C=O) groups excluding carboxylic acids is 2. The van der Waals surface area contributed by atoms with Crippen LogP contribution in [-0.4, -0.2) is 17.9 Å². The van der Waals surface area contributed by atoms with E-state index in [1.807, 2.05) is 13.8 Å². The predicted octanol–water partition coefficient (Wildman–Crippen LogP) is 2.33. The Hall–Kier alpha value is -1.60. The van der Waals surface area contributed by atoms with Crippen LogP contribution in [0, 0.1) is 0 Å². The Morgan fingerprint density at radius 1 is 1.38 bits per heavy atom. The van der Waals surface area contributed by atoms with Gasteiger partial charge in [0.1, 0.15) is 0 Å². The first-order chi connectivity index (χ1) is 7.59. The lowest BCUT2D eigenvalue weighted by Crippen LogP contribution is -2.11. The van der Waals surface area contributed by atoms with Gasteiger partial charge in [-0.05, 0) is 32.4 Å². The van der Waals surface area contributed by atoms with Gasteiger partial charge in [-0.1, -0.05) is 6.08 Å². The maximum Gasteiger partial charge on any atom is 0.306 e. The van der Waals surface area contributed by atoms with Gasteiger partial charge in [0, 0.05) is 12.8 Å². The first-order valence-electron chi connectivity index (χ1n) is 5.45. The maximum absolute atomic E-state index is 11.5. The van der Waals surface area contributed by atoms with Gasteiger partial charge in [-0.3, -0.25) is 9.59 Å². The van der Waals surface area contributed by atoms with Gasteiger partial charge in [0.15, 0.2) is 5.78 Å². The molecule has 0 radical (unpaired) electrons. The number of ether oxygens (including phenoxy) is 1. The molecule has 0 amide bonds. The second-order valence-corrected chi connectivity index (χ2v) is 3.90. The van der Waals surface area contributed by atoms with E-state index < -0.39 is 0 Å². The number of Topliss-reactive ketones (excluding diaryl/α,β-unsaturated/α-hetero) is 1. The topological polar surface area (TPSA) is 43.4 Å². The molecular weight excluding hydrogens is 204 g/mol. The Balaban J connectivity index is 2.21. The van der Waals surface area contributed by atoms with Crippen LogP contribution in [0.25, 0.3) is 0 Å². The predicted molar refractivity (Wildman–Crippen MR) is 60.8 cm³/mol. The summed E-state index contributed by atoms with van der Waals surface area (Å²) in [6.07, 6.45) is 6.32. The SMILES string of the molecule is CC(C)OC(=O)CCCC(=O)C1=C=CC=C1. The van der Waals surface area contributed by atoms with E-state index in [2.05, 4.69) is 5.73 Å². The molecule has 0 aliphatic heterocycles. The van der Waals surface area contributed by atoms with E-state index in [-0.39, 0.29) is 17.9 Å². The molecular formula is C13H16O3. The molecule has 0 N–H and O–H groups in total. The van der Waals surface area contributed by atoms with Crippen molar-refractivity contribution < 1.29 is 14.3 Å². The second kappa shape index (κ2) is 6.09. The van der Waals surface area contributed by atoms with E-state index in [4.69, 9.17) is 4.74 Å². The van der Waals surface area contributed by atoms with Gasteiger partial charge in [0.25, 0.3) is 0 Å². The second-order valence-electron chi connectivity index (χ2n) is 3.90. The van der Waals surface area contributed by atoms with Crippen LogP contribution in [0.2, 0.25) is 0 Å². The molecule has 0 aromatic heterocycles. The summed E-state index contributed by atoms with van der Waals surface area (Å²) >= 11 is 0. The minimum atomic E-state index is -0.241. The molecule has 0 saturated carbocycles. The number of allylic oxidation sites excluding steroid dienone is 3. The number of hydrogen-bond donors (Lipinski definition) is 0. The quantitative estimate of drug-likeness (QED) is 0.509. The van der Waals surface area contributed by atoms with E-state index in [9.17, 15) is 9.59 Å². The molecule has 16 heavy (non-hydrogen) atoms. The summed E-state index contributed by atoms with van der Waals surface area (Å²) in [6.45, 7) is 3.62. The van der Waals surface area contributed by atoms with Gasteiger partial charge >= 0.3 is 5.97 Å². The Morgan fingerprint density at radius 3 is 2.69 bits per heavy atom. The zero-order valence-corrected chi connectivity index (χ0v) is 9.66. The van der Waals surface area contributed by atoms with Crippen molar-refractivity contribution in [2.75, 3.05) is 0 Å². The fourth-order valence-corrected chi connectivity index (χ4v) is 1.35. The molecule has 0 aromatic rings. The summed E-state index contributed by atoms with van der Waals surface area (Å²) in [7, 11) is 0. The van der Waals surface area contributed by atoms with Gasteiger partial charge in [0.2, 0.25) is 0 Å². The van der Waals surface area contributed by atoms with Crippen molar-refractivity contribution in [1.29, 1.82) is 0 Å². The lowest BCUT2D eigenvalue weighted by atomic mass is 10.1. The highest BCUT2D eigenvalue weighted by Crippen LogP contribution is 2.09. The Labute approximate surface area is 95.5 Å². The number of ketones is 1. The number of carbonyl (C=O) groups is 2. The summed E-state index contributed by atoms with van der Waals surface area (Å²) in [4.78, 5) is 22.7. The van der Waals surface area contributed by atoms with Crippen molar-refractivity contribution in [1.82, 2.24) is 0 Å². The van der Waals surface area contributed by atoms with Gasteiger partial charge in [-0.2, -0.15) is 0 Å². The van der Waals surface area contributed by atoms with Crippen molar-refractivity contribution in [2.45, 2.75) is 39.2 Å². The molecule has 0 heterocycles. The molecule has 3 heteroatoms. The third-order valence-electron chi connectivity index (χ3n) is 2.05. The summed E-state index contributed by atoms with van der Waals surface area (Å²) < 4.78 is 4.96. The molecule has 1 rings (SSSR count). The van der Waals surface area contributed by atoms with Crippen molar-refractivity contribution in [3.8, 4) is 0 Å². The van der Waals surface area contributed by atoms with Crippen molar-refractivity contribution in [3.05, 3.63) is 29.5 Å². The number of hydrogen-bond acceptors (Lipinski definition) is 3. The Morgan fingerprint density at radius 2 is 2.12 bits per heavy atom. The smallest absolute Gasteiger partial charge is 0.306 e. The van der Waals surface area contributed by atoms with E-state index in [1.54, 1.807) is 18.2 Å². The maximum atomic E-state index is 11.5. The van der Waals surface area contributed by atoms with Crippen LogP contribution >= 0.6 is 0 Å². The third kappa shape index (κ3) is 4.28. The molecule has 0 atom stereocenters. The lowest BCUT2D eigenvalue weighted by molar-refractivity contribution is -0.147. The summed E-state index contributed by atoms with van der Waals surface area (Å²) in [5.74, 6) is -0.211. The average Bonchev–Trinajstić information content (AvgIpc) is 2.68. The van der Waals surface area contributed by atoms with Crippen LogP contribution < -0.4 is 0 Å². The van der Waals surface area contributed by atoms with Crippen molar-refractivity contribution in [3.63, 3.8) is 0 Å². The standard InChI is InChI=1S/C13H16O3/c1-10(2)16-13(15)9-5-8-12(14)11-6-3-4-7-11/h3-4,6,10H,5,8-9H2,1-2H3. The van der Waals surface area contributed by atoms with Gasteiger partial charge in [-0.15, -0.1) is 5.73 Å².